The molecule has 6 nitrogen and oxygen atoms in total. The number of anilines is 1. The first kappa shape index (κ1) is 18.6. The summed E-state index contributed by atoms with van der Waals surface area (Å²) in [5.41, 5.74) is 2.95. The molecule has 2 N–H and O–H groups in total. The fraction of sp³-hybridized carbons (Fsp3) is 0.136. The van der Waals surface area contributed by atoms with Crippen molar-refractivity contribution in [1.82, 2.24) is 15.2 Å². The van der Waals surface area contributed by atoms with Gasteiger partial charge in [0.1, 0.15) is 11.6 Å². The maximum atomic E-state index is 14.4. The fourth-order valence-corrected chi connectivity index (χ4v) is 3.14. The predicted octanol–water partition coefficient (Wildman–Crippen LogP) is 4.59. The molecule has 1 amide bonds. The Hall–Kier alpha value is -3.74. The number of hydrogen-bond acceptors (Lipinski definition) is 4. The Morgan fingerprint density at radius 1 is 1.21 bits per heavy atom. The summed E-state index contributed by atoms with van der Waals surface area (Å²) in [4.78, 5) is 16.9. The number of pyridine rings is 1. The lowest BCUT2D eigenvalue weighted by atomic mass is 10.1. The molecular formula is C22H19FN4O2. The average Bonchev–Trinajstić information content (AvgIpc) is 3.15. The molecule has 0 aliphatic heterocycles. The quantitative estimate of drug-likeness (QED) is 0.522. The third kappa shape index (κ3) is 3.54. The number of fused-ring (bicyclic) bond motifs is 1. The second kappa shape index (κ2) is 7.71. The van der Waals surface area contributed by atoms with Crippen LogP contribution in [0.3, 0.4) is 0 Å². The highest BCUT2D eigenvalue weighted by molar-refractivity contribution is 6.08. The van der Waals surface area contributed by atoms with Gasteiger partial charge in [-0.05, 0) is 42.3 Å². The molecule has 0 fully saturated rings. The smallest absolute Gasteiger partial charge is 0.256 e. The number of amides is 1. The van der Waals surface area contributed by atoms with Crippen LogP contribution in [0.1, 0.15) is 22.8 Å². The number of aromatic nitrogens is 3. The van der Waals surface area contributed by atoms with Crippen LogP contribution in [0.25, 0.3) is 22.2 Å². The Bertz CT molecular complexity index is 1190. The molecule has 0 saturated carbocycles. The molecule has 146 valence electrons. The van der Waals surface area contributed by atoms with Gasteiger partial charge in [0.15, 0.2) is 5.82 Å². The predicted molar refractivity (Wildman–Crippen MR) is 110 cm³/mol. The second-order valence-electron chi connectivity index (χ2n) is 6.51. The van der Waals surface area contributed by atoms with Crippen LogP contribution in [0.15, 0.2) is 54.7 Å². The van der Waals surface area contributed by atoms with Gasteiger partial charge in [0.05, 0.1) is 30.1 Å². The van der Waals surface area contributed by atoms with Crippen molar-refractivity contribution in [2.75, 3.05) is 12.4 Å². The largest absolute Gasteiger partial charge is 0.496 e. The molecule has 29 heavy (non-hydrogen) atoms. The van der Waals surface area contributed by atoms with Crippen LogP contribution < -0.4 is 10.1 Å². The van der Waals surface area contributed by atoms with Crippen LogP contribution in [0.2, 0.25) is 0 Å². The molecular weight excluding hydrogens is 371 g/mol. The number of hydrogen-bond donors (Lipinski definition) is 2. The molecule has 2 aromatic heterocycles. The van der Waals surface area contributed by atoms with E-state index in [1.165, 1.54) is 13.2 Å². The van der Waals surface area contributed by atoms with Crippen LogP contribution in [0, 0.1) is 5.82 Å². The highest BCUT2D eigenvalue weighted by Crippen LogP contribution is 2.33. The summed E-state index contributed by atoms with van der Waals surface area (Å²) in [7, 11) is 1.48. The highest BCUT2D eigenvalue weighted by atomic mass is 19.1. The Balaban J connectivity index is 1.70. The number of nitrogens with zero attached hydrogens (tertiary/aromatic N) is 2. The van der Waals surface area contributed by atoms with Crippen molar-refractivity contribution in [3.8, 4) is 17.0 Å². The van der Waals surface area contributed by atoms with Crippen LogP contribution >= 0.6 is 0 Å². The minimum Gasteiger partial charge on any atom is -0.496 e. The van der Waals surface area contributed by atoms with Crippen molar-refractivity contribution >= 4 is 22.6 Å². The van der Waals surface area contributed by atoms with Gasteiger partial charge >= 0.3 is 0 Å². The number of aromatic amines is 1. The molecule has 2 aromatic carbocycles. The summed E-state index contributed by atoms with van der Waals surface area (Å²) in [6, 6.07) is 13.7. The van der Waals surface area contributed by atoms with E-state index in [0.29, 0.717) is 33.7 Å². The normalized spacial score (nSPS) is 10.9. The topological polar surface area (TPSA) is 79.9 Å². The number of rotatable bonds is 5. The monoisotopic (exact) mass is 390 g/mol. The number of aryl methyl sites for hydroxylation is 1. The Morgan fingerprint density at radius 2 is 2.00 bits per heavy atom. The molecule has 0 saturated heterocycles. The van der Waals surface area contributed by atoms with Crippen molar-refractivity contribution in [3.63, 3.8) is 0 Å². The molecule has 0 spiro atoms. The number of methoxy groups -OCH3 is 1. The lowest BCUT2D eigenvalue weighted by molar-refractivity contribution is 0.102. The zero-order valence-corrected chi connectivity index (χ0v) is 16.0. The molecule has 0 unspecified atom stereocenters. The molecule has 7 heteroatoms. The fourth-order valence-electron chi connectivity index (χ4n) is 3.14. The Labute approximate surface area is 166 Å². The van der Waals surface area contributed by atoms with E-state index in [-0.39, 0.29) is 11.5 Å². The van der Waals surface area contributed by atoms with E-state index in [2.05, 4.69) is 27.4 Å². The van der Waals surface area contributed by atoms with Crippen molar-refractivity contribution in [2.24, 2.45) is 0 Å². The van der Waals surface area contributed by atoms with Gasteiger partial charge in [-0.2, -0.15) is 5.10 Å². The van der Waals surface area contributed by atoms with E-state index in [4.69, 9.17) is 4.74 Å². The summed E-state index contributed by atoms with van der Waals surface area (Å²) in [5, 5.41) is 10.4. The van der Waals surface area contributed by atoms with Crippen molar-refractivity contribution < 1.29 is 13.9 Å². The minimum absolute atomic E-state index is 0.255. The van der Waals surface area contributed by atoms with Gasteiger partial charge in [-0.3, -0.25) is 14.9 Å². The number of carbonyl (C=O) groups excluding carboxylic acids is 1. The van der Waals surface area contributed by atoms with Gasteiger partial charge in [0.25, 0.3) is 5.91 Å². The van der Waals surface area contributed by atoms with Gasteiger partial charge in [0.2, 0.25) is 0 Å². The first-order chi connectivity index (χ1) is 14.1. The minimum atomic E-state index is -0.443. The molecule has 2 heterocycles. The zero-order valence-electron chi connectivity index (χ0n) is 16.0. The van der Waals surface area contributed by atoms with Crippen LogP contribution in [-0.4, -0.2) is 28.2 Å². The summed E-state index contributed by atoms with van der Waals surface area (Å²) >= 11 is 0. The summed E-state index contributed by atoms with van der Waals surface area (Å²) < 4.78 is 19.7. The zero-order chi connectivity index (χ0) is 20.4. The Kier molecular flexibility index (Phi) is 4.95. The highest BCUT2D eigenvalue weighted by Gasteiger charge is 2.17. The van der Waals surface area contributed by atoms with E-state index < -0.39 is 5.82 Å². The SMILES string of the molecule is CCc1ccc(C(=O)Nc2n[nH]c3cnc(-c4c(F)cccc4OC)cc23)cc1. The average molecular weight is 390 g/mol. The van der Waals surface area contributed by atoms with Crippen LogP contribution in [0.4, 0.5) is 10.2 Å². The summed E-state index contributed by atoms with van der Waals surface area (Å²) in [6.07, 6.45) is 2.45. The van der Waals surface area contributed by atoms with E-state index in [9.17, 15) is 9.18 Å². The van der Waals surface area contributed by atoms with E-state index in [1.54, 1.807) is 36.5 Å². The Morgan fingerprint density at radius 3 is 2.72 bits per heavy atom. The molecule has 4 rings (SSSR count). The van der Waals surface area contributed by atoms with E-state index >= 15 is 0 Å². The number of ether oxygens (including phenoxy) is 1. The van der Waals surface area contributed by atoms with Gasteiger partial charge in [-0.1, -0.05) is 25.1 Å². The van der Waals surface area contributed by atoms with Crippen molar-refractivity contribution in [1.29, 1.82) is 0 Å². The second-order valence-corrected chi connectivity index (χ2v) is 6.51. The molecule has 0 radical (unpaired) electrons. The van der Waals surface area contributed by atoms with Gasteiger partial charge in [-0.15, -0.1) is 0 Å². The maximum absolute atomic E-state index is 14.4. The van der Waals surface area contributed by atoms with E-state index in [0.717, 1.165) is 12.0 Å². The van der Waals surface area contributed by atoms with Gasteiger partial charge < -0.3 is 10.1 Å². The first-order valence-corrected chi connectivity index (χ1v) is 9.18. The summed E-state index contributed by atoms with van der Waals surface area (Å²) in [5.74, 6) is 0.00894. The van der Waals surface area contributed by atoms with Crippen molar-refractivity contribution in [3.05, 3.63) is 71.7 Å². The molecule has 0 aliphatic carbocycles. The van der Waals surface area contributed by atoms with Gasteiger partial charge in [0, 0.05) is 10.9 Å². The summed E-state index contributed by atoms with van der Waals surface area (Å²) in [6.45, 7) is 2.06. The third-order valence-electron chi connectivity index (χ3n) is 4.75. The first-order valence-electron chi connectivity index (χ1n) is 9.18. The standard InChI is InChI=1S/C22H19FN4O2/c1-3-13-7-9-14(10-8-13)22(28)25-21-15-11-17(24-12-18(15)26-27-21)20-16(23)5-4-6-19(20)29-2/h4-12H,3H2,1-2H3,(H2,25,26,27,28). The lowest BCUT2D eigenvalue weighted by Gasteiger charge is -2.09. The van der Waals surface area contributed by atoms with Crippen LogP contribution in [0.5, 0.6) is 5.75 Å². The van der Waals surface area contributed by atoms with Gasteiger partial charge in [-0.25, -0.2) is 4.39 Å². The number of carbonyl (C=O) groups is 1. The molecule has 0 atom stereocenters. The number of nitrogens with one attached hydrogen (secondary N) is 2. The number of halogens is 1. The number of benzene rings is 2. The maximum Gasteiger partial charge on any atom is 0.256 e. The molecule has 0 bridgehead atoms. The number of H-pyrrole nitrogens is 1. The molecule has 4 aromatic rings. The molecule has 0 aliphatic rings. The third-order valence-corrected chi connectivity index (χ3v) is 4.75. The van der Waals surface area contributed by atoms with E-state index in [1.807, 2.05) is 12.1 Å². The van der Waals surface area contributed by atoms with Crippen molar-refractivity contribution in [2.45, 2.75) is 13.3 Å². The van der Waals surface area contributed by atoms with Crippen LogP contribution in [-0.2, 0) is 6.42 Å². The lowest BCUT2D eigenvalue weighted by Crippen LogP contribution is -2.12.